The molecule has 3 aromatic carbocycles. The zero-order valence-corrected chi connectivity index (χ0v) is 13.7. The molecule has 4 heteroatoms. The summed E-state index contributed by atoms with van der Waals surface area (Å²) in [6.45, 7) is 1.98. The van der Waals surface area contributed by atoms with Gasteiger partial charge in [0.15, 0.2) is 0 Å². The van der Waals surface area contributed by atoms with Gasteiger partial charge in [-0.3, -0.25) is 4.79 Å². The molecule has 1 amide bonds. The van der Waals surface area contributed by atoms with Gasteiger partial charge in [0, 0.05) is 5.39 Å². The molecule has 1 heterocycles. The molecule has 0 atom stereocenters. The molecule has 0 aliphatic rings. The van der Waals surface area contributed by atoms with Gasteiger partial charge < -0.3 is 10.2 Å². The van der Waals surface area contributed by atoms with E-state index < -0.39 is 5.91 Å². The van der Waals surface area contributed by atoms with E-state index in [4.69, 9.17) is 10.2 Å². The van der Waals surface area contributed by atoms with E-state index in [-0.39, 0.29) is 11.1 Å². The van der Waals surface area contributed by atoms with Crippen LogP contribution in [0.2, 0.25) is 0 Å². The number of nitrogens with zero attached hydrogens (tertiary/aromatic N) is 1. The summed E-state index contributed by atoms with van der Waals surface area (Å²) in [6.07, 6.45) is 0. The molecule has 4 nitrogen and oxygen atoms in total. The molecular weight excluding hydrogens is 312 g/mol. The summed E-state index contributed by atoms with van der Waals surface area (Å²) in [7, 11) is 0. The SMILES string of the molecule is Cc1cccc(N=c2oc3ccc4ccccc4c3cc2C(N)=O)c1. The van der Waals surface area contributed by atoms with Crippen LogP contribution < -0.4 is 11.3 Å². The Labute approximate surface area is 144 Å². The van der Waals surface area contributed by atoms with E-state index in [9.17, 15) is 4.79 Å². The minimum absolute atomic E-state index is 0.223. The van der Waals surface area contributed by atoms with Crippen molar-refractivity contribution in [3.8, 4) is 0 Å². The monoisotopic (exact) mass is 328 g/mol. The summed E-state index contributed by atoms with van der Waals surface area (Å²) in [6, 6.07) is 21.3. The van der Waals surface area contributed by atoms with Gasteiger partial charge in [0.2, 0.25) is 5.55 Å². The predicted octanol–water partition coefficient (Wildman–Crippen LogP) is 4.23. The zero-order chi connectivity index (χ0) is 17.4. The molecule has 122 valence electrons. The van der Waals surface area contributed by atoms with Crippen molar-refractivity contribution in [1.29, 1.82) is 0 Å². The molecule has 4 aromatic rings. The first kappa shape index (κ1) is 15.1. The van der Waals surface area contributed by atoms with Gasteiger partial charge in [-0.15, -0.1) is 0 Å². The first-order chi connectivity index (χ1) is 12.1. The second-order valence-corrected chi connectivity index (χ2v) is 5.98. The number of hydrogen-bond donors (Lipinski definition) is 1. The fourth-order valence-corrected chi connectivity index (χ4v) is 2.95. The molecule has 0 aliphatic carbocycles. The van der Waals surface area contributed by atoms with Gasteiger partial charge in [-0.25, -0.2) is 4.99 Å². The Hall–Kier alpha value is -3.40. The molecule has 0 radical (unpaired) electrons. The van der Waals surface area contributed by atoms with Crippen LogP contribution in [0, 0.1) is 6.92 Å². The second-order valence-electron chi connectivity index (χ2n) is 5.98. The minimum Gasteiger partial charge on any atom is -0.438 e. The molecule has 25 heavy (non-hydrogen) atoms. The third-order valence-electron chi connectivity index (χ3n) is 4.15. The Balaban J connectivity index is 2.06. The molecule has 0 fully saturated rings. The first-order valence-electron chi connectivity index (χ1n) is 7.99. The number of carbonyl (C=O) groups is 1. The van der Waals surface area contributed by atoms with Crippen LogP contribution in [0.5, 0.6) is 0 Å². The van der Waals surface area contributed by atoms with Gasteiger partial charge in [-0.1, -0.05) is 42.5 Å². The van der Waals surface area contributed by atoms with Crippen molar-refractivity contribution in [3.63, 3.8) is 0 Å². The second kappa shape index (κ2) is 5.91. The van der Waals surface area contributed by atoms with E-state index in [1.807, 2.05) is 67.6 Å². The van der Waals surface area contributed by atoms with Crippen LogP contribution in [-0.2, 0) is 0 Å². The molecule has 0 bridgehead atoms. The lowest BCUT2D eigenvalue weighted by Crippen LogP contribution is -2.21. The first-order valence-corrected chi connectivity index (χ1v) is 7.99. The van der Waals surface area contributed by atoms with E-state index in [0.29, 0.717) is 11.3 Å². The number of fused-ring (bicyclic) bond motifs is 3. The Morgan fingerprint density at radius 1 is 0.960 bits per heavy atom. The van der Waals surface area contributed by atoms with Gasteiger partial charge in [0.1, 0.15) is 11.1 Å². The molecule has 1 aromatic heterocycles. The standard InChI is InChI=1S/C21H16N2O2/c1-13-5-4-7-15(11-13)23-21-18(20(22)24)12-17-16-8-3-2-6-14(16)9-10-19(17)25-21/h2-12H,1H3,(H2,22,24). The van der Waals surface area contributed by atoms with Gasteiger partial charge in [0.05, 0.1) is 5.69 Å². The molecule has 0 aliphatic heterocycles. The van der Waals surface area contributed by atoms with Gasteiger partial charge >= 0.3 is 0 Å². The minimum atomic E-state index is -0.565. The number of carbonyl (C=O) groups excluding carboxylic acids is 1. The molecule has 0 spiro atoms. The van der Waals surface area contributed by atoms with Crippen molar-refractivity contribution in [2.75, 3.05) is 0 Å². The number of rotatable bonds is 2. The van der Waals surface area contributed by atoms with Crippen LogP contribution in [0.25, 0.3) is 21.7 Å². The normalized spacial score (nSPS) is 12.0. The predicted molar refractivity (Wildman–Crippen MR) is 98.6 cm³/mol. The highest BCUT2D eigenvalue weighted by molar-refractivity contribution is 6.07. The van der Waals surface area contributed by atoms with Crippen molar-refractivity contribution < 1.29 is 9.21 Å². The summed E-state index contributed by atoms with van der Waals surface area (Å²) < 4.78 is 5.94. The smallest absolute Gasteiger partial charge is 0.254 e. The summed E-state index contributed by atoms with van der Waals surface area (Å²) in [5, 5.41) is 2.92. The third-order valence-corrected chi connectivity index (χ3v) is 4.15. The molecule has 0 saturated heterocycles. The van der Waals surface area contributed by atoms with E-state index in [2.05, 4.69) is 4.99 Å². The Morgan fingerprint density at radius 2 is 1.80 bits per heavy atom. The molecule has 0 saturated carbocycles. The Morgan fingerprint density at radius 3 is 2.60 bits per heavy atom. The van der Waals surface area contributed by atoms with Crippen molar-refractivity contribution in [1.82, 2.24) is 0 Å². The summed E-state index contributed by atoms with van der Waals surface area (Å²) >= 11 is 0. The zero-order valence-electron chi connectivity index (χ0n) is 13.7. The number of benzene rings is 3. The molecule has 0 unspecified atom stereocenters. The van der Waals surface area contributed by atoms with Gasteiger partial charge in [-0.2, -0.15) is 0 Å². The lowest BCUT2D eigenvalue weighted by molar-refractivity contribution is 0.0996. The average Bonchev–Trinajstić information content (AvgIpc) is 2.61. The van der Waals surface area contributed by atoms with Crippen LogP contribution in [0.1, 0.15) is 15.9 Å². The van der Waals surface area contributed by atoms with Crippen molar-refractivity contribution in [2.24, 2.45) is 10.7 Å². The highest BCUT2D eigenvalue weighted by Crippen LogP contribution is 2.25. The maximum Gasteiger partial charge on any atom is 0.254 e. The maximum absolute atomic E-state index is 12.0. The quantitative estimate of drug-likeness (QED) is 0.560. The number of hydrogen-bond acceptors (Lipinski definition) is 3. The summed E-state index contributed by atoms with van der Waals surface area (Å²) in [5.74, 6) is -0.565. The lowest BCUT2D eigenvalue weighted by atomic mass is 10.0. The lowest BCUT2D eigenvalue weighted by Gasteiger charge is -2.05. The third kappa shape index (κ3) is 2.78. The van der Waals surface area contributed by atoms with E-state index in [0.717, 1.165) is 21.7 Å². The van der Waals surface area contributed by atoms with E-state index >= 15 is 0 Å². The fraction of sp³-hybridized carbons (Fsp3) is 0.0476. The Kier molecular flexibility index (Phi) is 3.58. The average molecular weight is 328 g/mol. The number of primary amides is 1. The molecular formula is C21H16N2O2. The van der Waals surface area contributed by atoms with Crippen LogP contribution in [0.15, 0.2) is 76.1 Å². The van der Waals surface area contributed by atoms with Crippen LogP contribution in [0.3, 0.4) is 0 Å². The number of nitrogens with two attached hydrogens (primary N) is 1. The molecule has 4 rings (SSSR count). The van der Waals surface area contributed by atoms with Crippen LogP contribution in [0.4, 0.5) is 5.69 Å². The fourth-order valence-electron chi connectivity index (χ4n) is 2.95. The Bertz CT molecular complexity index is 1190. The summed E-state index contributed by atoms with van der Waals surface area (Å²) in [4.78, 5) is 16.4. The van der Waals surface area contributed by atoms with Gasteiger partial charge in [0.25, 0.3) is 5.91 Å². The highest BCUT2D eigenvalue weighted by atomic mass is 16.3. The topological polar surface area (TPSA) is 68.6 Å². The summed E-state index contributed by atoms with van der Waals surface area (Å²) in [5.41, 5.74) is 8.52. The van der Waals surface area contributed by atoms with E-state index in [1.54, 1.807) is 6.07 Å². The van der Waals surface area contributed by atoms with E-state index in [1.165, 1.54) is 0 Å². The molecule has 2 N–H and O–H groups in total. The van der Waals surface area contributed by atoms with Crippen molar-refractivity contribution >= 4 is 33.3 Å². The highest BCUT2D eigenvalue weighted by Gasteiger charge is 2.11. The van der Waals surface area contributed by atoms with Gasteiger partial charge in [-0.05, 0) is 47.5 Å². The largest absolute Gasteiger partial charge is 0.438 e. The van der Waals surface area contributed by atoms with Crippen molar-refractivity contribution in [3.05, 3.63) is 83.4 Å². The van der Waals surface area contributed by atoms with Crippen molar-refractivity contribution in [2.45, 2.75) is 6.92 Å². The number of amides is 1. The van der Waals surface area contributed by atoms with Crippen LogP contribution >= 0.6 is 0 Å². The maximum atomic E-state index is 12.0. The van der Waals surface area contributed by atoms with Crippen LogP contribution in [-0.4, -0.2) is 5.91 Å². The number of aryl methyl sites for hydroxylation is 1.